The second-order valence-electron chi connectivity index (χ2n) is 4.80. The Labute approximate surface area is 107 Å². The number of amides is 1. The zero-order valence-electron chi connectivity index (χ0n) is 10.5. The highest BCUT2D eigenvalue weighted by atomic mass is 32.1. The van der Waals surface area contributed by atoms with Gasteiger partial charge in [-0.2, -0.15) is 0 Å². The molecule has 1 aromatic heterocycles. The number of nitrogens with one attached hydrogen (secondary N) is 2. The molecule has 0 aromatic carbocycles. The van der Waals surface area contributed by atoms with Crippen LogP contribution in [-0.4, -0.2) is 19.0 Å². The van der Waals surface area contributed by atoms with Gasteiger partial charge >= 0.3 is 0 Å². The number of carbonyl (C=O) groups is 1. The summed E-state index contributed by atoms with van der Waals surface area (Å²) in [5.74, 6) is 0.916. The standard InChI is InChI=1S/C13H20N2OS/c1-9-5-12(17-10(9)2)7-15-13(16)8-14-6-11-3-4-11/h5,11,14H,3-4,6-8H2,1-2H3,(H,15,16). The number of hydrogen-bond donors (Lipinski definition) is 2. The summed E-state index contributed by atoms with van der Waals surface area (Å²) in [7, 11) is 0. The molecule has 0 spiro atoms. The molecule has 0 unspecified atom stereocenters. The molecule has 17 heavy (non-hydrogen) atoms. The smallest absolute Gasteiger partial charge is 0.234 e. The molecule has 1 fully saturated rings. The first-order valence-electron chi connectivity index (χ1n) is 6.18. The van der Waals surface area contributed by atoms with E-state index in [0.29, 0.717) is 13.1 Å². The number of aryl methyl sites for hydroxylation is 2. The van der Waals surface area contributed by atoms with Gasteiger partial charge in [0.15, 0.2) is 0 Å². The fraction of sp³-hybridized carbons (Fsp3) is 0.615. The summed E-state index contributed by atoms with van der Waals surface area (Å²) in [6.07, 6.45) is 2.64. The van der Waals surface area contributed by atoms with Gasteiger partial charge in [0.1, 0.15) is 0 Å². The Hall–Kier alpha value is -0.870. The summed E-state index contributed by atoms with van der Waals surface area (Å²) >= 11 is 1.76. The van der Waals surface area contributed by atoms with Crippen LogP contribution in [-0.2, 0) is 11.3 Å². The predicted octanol–water partition coefficient (Wildman–Crippen LogP) is 1.98. The first kappa shape index (κ1) is 12.6. The molecule has 0 saturated heterocycles. The van der Waals surface area contributed by atoms with Gasteiger partial charge in [0.25, 0.3) is 0 Å². The zero-order chi connectivity index (χ0) is 12.3. The monoisotopic (exact) mass is 252 g/mol. The fourth-order valence-corrected chi connectivity index (χ4v) is 2.69. The van der Waals surface area contributed by atoms with Gasteiger partial charge in [0.05, 0.1) is 13.1 Å². The second kappa shape index (κ2) is 5.65. The molecule has 94 valence electrons. The summed E-state index contributed by atoms with van der Waals surface area (Å²) in [5, 5.41) is 6.13. The molecule has 1 amide bonds. The summed E-state index contributed by atoms with van der Waals surface area (Å²) in [6.45, 7) is 6.31. The van der Waals surface area contributed by atoms with Crippen LogP contribution in [0.1, 0.15) is 28.2 Å². The third-order valence-corrected chi connectivity index (χ3v) is 4.24. The van der Waals surface area contributed by atoms with Gasteiger partial charge in [0, 0.05) is 9.75 Å². The molecule has 2 rings (SSSR count). The van der Waals surface area contributed by atoms with Crippen molar-refractivity contribution >= 4 is 17.2 Å². The highest BCUT2D eigenvalue weighted by molar-refractivity contribution is 7.12. The maximum atomic E-state index is 11.5. The van der Waals surface area contributed by atoms with Gasteiger partial charge in [0.2, 0.25) is 5.91 Å². The van der Waals surface area contributed by atoms with Crippen LogP contribution < -0.4 is 10.6 Å². The van der Waals surface area contributed by atoms with Gasteiger partial charge in [-0.1, -0.05) is 0 Å². The van der Waals surface area contributed by atoms with Crippen LogP contribution >= 0.6 is 11.3 Å². The van der Waals surface area contributed by atoms with Crippen molar-refractivity contribution in [3.8, 4) is 0 Å². The van der Waals surface area contributed by atoms with Crippen LogP contribution in [0.4, 0.5) is 0 Å². The minimum atomic E-state index is 0.0920. The van der Waals surface area contributed by atoms with E-state index in [9.17, 15) is 4.79 Å². The van der Waals surface area contributed by atoms with E-state index < -0.39 is 0 Å². The van der Waals surface area contributed by atoms with Crippen molar-refractivity contribution in [3.05, 3.63) is 21.4 Å². The van der Waals surface area contributed by atoms with E-state index in [2.05, 4.69) is 30.5 Å². The minimum Gasteiger partial charge on any atom is -0.350 e. The number of thiophene rings is 1. The van der Waals surface area contributed by atoms with E-state index >= 15 is 0 Å². The van der Waals surface area contributed by atoms with Gasteiger partial charge in [-0.25, -0.2) is 0 Å². The van der Waals surface area contributed by atoms with Crippen molar-refractivity contribution in [2.24, 2.45) is 5.92 Å². The SMILES string of the molecule is Cc1cc(CNC(=O)CNCC2CC2)sc1C. The Morgan fingerprint density at radius 2 is 2.24 bits per heavy atom. The predicted molar refractivity (Wildman–Crippen MR) is 71.2 cm³/mol. The molecule has 0 radical (unpaired) electrons. The molecule has 0 atom stereocenters. The van der Waals surface area contributed by atoms with Gasteiger partial charge in [-0.3, -0.25) is 4.79 Å². The van der Waals surface area contributed by atoms with Crippen LogP contribution in [0.25, 0.3) is 0 Å². The largest absolute Gasteiger partial charge is 0.350 e. The molecule has 3 nitrogen and oxygen atoms in total. The van der Waals surface area contributed by atoms with E-state index in [1.165, 1.54) is 28.2 Å². The van der Waals surface area contributed by atoms with Gasteiger partial charge in [-0.15, -0.1) is 11.3 Å². The van der Waals surface area contributed by atoms with Crippen molar-refractivity contribution in [1.29, 1.82) is 0 Å². The molecule has 1 aliphatic carbocycles. The van der Waals surface area contributed by atoms with E-state index in [4.69, 9.17) is 0 Å². The summed E-state index contributed by atoms with van der Waals surface area (Å²) < 4.78 is 0. The average Bonchev–Trinajstić information content (AvgIpc) is 3.04. The number of hydrogen-bond acceptors (Lipinski definition) is 3. The molecule has 1 heterocycles. The Morgan fingerprint density at radius 1 is 1.47 bits per heavy atom. The fourth-order valence-electron chi connectivity index (χ4n) is 1.70. The summed E-state index contributed by atoms with van der Waals surface area (Å²) in [6, 6.07) is 2.15. The summed E-state index contributed by atoms with van der Waals surface area (Å²) in [4.78, 5) is 14.1. The molecular weight excluding hydrogens is 232 g/mol. The first-order valence-corrected chi connectivity index (χ1v) is 7.00. The minimum absolute atomic E-state index is 0.0920. The van der Waals surface area contributed by atoms with Gasteiger partial charge in [-0.05, 0) is 50.8 Å². The van der Waals surface area contributed by atoms with E-state index in [0.717, 1.165) is 12.5 Å². The Bertz CT molecular complexity index is 377. The third kappa shape index (κ3) is 4.13. The van der Waals surface area contributed by atoms with E-state index in [-0.39, 0.29) is 5.91 Å². The van der Waals surface area contributed by atoms with Gasteiger partial charge < -0.3 is 10.6 Å². The lowest BCUT2D eigenvalue weighted by Crippen LogP contribution is -2.34. The number of carbonyl (C=O) groups excluding carboxylic acids is 1. The topological polar surface area (TPSA) is 41.1 Å². The van der Waals surface area contributed by atoms with E-state index in [1.807, 2.05) is 0 Å². The van der Waals surface area contributed by atoms with Crippen molar-refractivity contribution < 1.29 is 4.79 Å². The molecule has 0 aliphatic heterocycles. The van der Waals surface area contributed by atoms with Crippen LogP contribution in [0.3, 0.4) is 0 Å². The quantitative estimate of drug-likeness (QED) is 0.813. The highest BCUT2D eigenvalue weighted by Crippen LogP contribution is 2.27. The second-order valence-corrected chi connectivity index (χ2v) is 6.14. The van der Waals surface area contributed by atoms with Crippen molar-refractivity contribution in [3.63, 3.8) is 0 Å². The molecule has 1 saturated carbocycles. The Kier molecular flexibility index (Phi) is 4.18. The lowest BCUT2D eigenvalue weighted by molar-refractivity contribution is -0.120. The van der Waals surface area contributed by atoms with Crippen molar-refractivity contribution in [2.75, 3.05) is 13.1 Å². The Morgan fingerprint density at radius 3 is 2.82 bits per heavy atom. The van der Waals surface area contributed by atoms with Crippen LogP contribution in [0.2, 0.25) is 0 Å². The molecule has 4 heteroatoms. The zero-order valence-corrected chi connectivity index (χ0v) is 11.3. The Balaban J connectivity index is 1.64. The first-order chi connectivity index (χ1) is 8.15. The molecule has 0 bridgehead atoms. The average molecular weight is 252 g/mol. The molecule has 1 aromatic rings. The normalized spacial score (nSPS) is 14.9. The maximum Gasteiger partial charge on any atom is 0.234 e. The van der Waals surface area contributed by atoms with Crippen LogP contribution in [0.5, 0.6) is 0 Å². The maximum absolute atomic E-state index is 11.5. The van der Waals surface area contributed by atoms with Crippen molar-refractivity contribution in [2.45, 2.75) is 33.2 Å². The lowest BCUT2D eigenvalue weighted by atomic mass is 10.3. The van der Waals surface area contributed by atoms with Crippen LogP contribution in [0.15, 0.2) is 6.07 Å². The molecule has 2 N–H and O–H groups in total. The summed E-state index contributed by atoms with van der Waals surface area (Å²) in [5.41, 5.74) is 1.31. The number of rotatable bonds is 6. The highest BCUT2D eigenvalue weighted by Gasteiger charge is 2.20. The third-order valence-electron chi connectivity index (χ3n) is 3.09. The van der Waals surface area contributed by atoms with Crippen molar-refractivity contribution in [1.82, 2.24) is 10.6 Å². The lowest BCUT2D eigenvalue weighted by Gasteiger charge is -2.04. The van der Waals surface area contributed by atoms with Crippen LogP contribution in [0, 0.1) is 19.8 Å². The molecule has 1 aliphatic rings. The molecular formula is C13H20N2OS. The van der Waals surface area contributed by atoms with E-state index in [1.54, 1.807) is 11.3 Å².